The third kappa shape index (κ3) is 6.97. The Hall–Kier alpha value is -3.11. The molecule has 9 nitrogen and oxygen atoms in total. The largest absolute Gasteiger partial charge is 0.384 e. The summed E-state index contributed by atoms with van der Waals surface area (Å²) in [6, 6.07) is 5.69. The summed E-state index contributed by atoms with van der Waals surface area (Å²) < 4.78 is 7.00. The molecule has 0 unspecified atom stereocenters. The number of rotatable bonds is 12. The summed E-state index contributed by atoms with van der Waals surface area (Å²) in [6.07, 6.45) is 10.2. The van der Waals surface area contributed by atoms with Gasteiger partial charge < -0.3 is 14.6 Å². The van der Waals surface area contributed by atoms with Crippen LogP contribution < -0.4 is 10.2 Å². The van der Waals surface area contributed by atoms with Gasteiger partial charge in [0.1, 0.15) is 4.88 Å². The lowest BCUT2D eigenvalue weighted by Gasteiger charge is -2.19. The van der Waals surface area contributed by atoms with Gasteiger partial charge >= 0.3 is 0 Å². The Labute approximate surface area is 185 Å². The quantitative estimate of drug-likeness (QED) is 0.431. The Balaban J connectivity index is 1.58. The number of hydrogen-bond donors (Lipinski definition) is 1. The van der Waals surface area contributed by atoms with Crippen LogP contribution in [0.25, 0.3) is 0 Å². The second-order valence-corrected chi connectivity index (χ2v) is 7.79. The Kier molecular flexibility index (Phi) is 8.68. The number of nitrogens with zero attached hydrogens (tertiary/aromatic N) is 5. The highest BCUT2D eigenvalue weighted by atomic mass is 32.1. The number of methoxy groups -OCH3 is 1. The van der Waals surface area contributed by atoms with Gasteiger partial charge in [-0.15, -0.1) is 0 Å². The van der Waals surface area contributed by atoms with E-state index in [1.807, 2.05) is 29.0 Å². The molecule has 3 aromatic rings. The summed E-state index contributed by atoms with van der Waals surface area (Å²) in [5.74, 6) is -0.289. The van der Waals surface area contributed by atoms with Crippen molar-refractivity contribution in [2.24, 2.45) is 0 Å². The molecule has 0 aromatic carbocycles. The lowest BCUT2D eigenvalue weighted by molar-refractivity contribution is -0.119. The number of carbonyl (C=O) groups excluding carboxylic acids is 2. The first-order chi connectivity index (χ1) is 15.2. The average Bonchev–Trinajstić information content (AvgIpc) is 3.48. The minimum atomic E-state index is -0.191. The summed E-state index contributed by atoms with van der Waals surface area (Å²) >= 11 is 1.21. The zero-order valence-electron chi connectivity index (χ0n) is 17.4. The SMILES string of the molecule is COCCC(=O)N(CCc1ccccn1)c1ncc(C(=O)NCCCn2ccnc2)s1. The molecule has 0 saturated carbocycles. The number of nitrogens with one attached hydrogen (secondary N) is 1. The maximum absolute atomic E-state index is 12.7. The minimum Gasteiger partial charge on any atom is -0.384 e. The molecule has 0 aliphatic carbocycles. The van der Waals surface area contributed by atoms with Crippen LogP contribution in [0.1, 0.15) is 28.2 Å². The number of amides is 2. The molecule has 10 heteroatoms. The van der Waals surface area contributed by atoms with Crippen molar-refractivity contribution in [3.05, 3.63) is 59.9 Å². The van der Waals surface area contributed by atoms with Crippen molar-refractivity contribution in [3.8, 4) is 0 Å². The van der Waals surface area contributed by atoms with Gasteiger partial charge in [0, 0.05) is 57.4 Å². The number of aromatic nitrogens is 4. The van der Waals surface area contributed by atoms with Gasteiger partial charge in [0.15, 0.2) is 5.13 Å². The van der Waals surface area contributed by atoms with Crippen LogP contribution in [0.4, 0.5) is 5.13 Å². The van der Waals surface area contributed by atoms with Crippen LogP contribution in [0.2, 0.25) is 0 Å². The topological polar surface area (TPSA) is 102 Å². The molecular formula is C21H26N6O3S. The normalized spacial score (nSPS) is 10.7. The summed E-state index contributed by atoms with van der Waals surface area (Å²) in [6.45, 7) is 2.08. The summed E-state index contributed by atoms with van der Waals surface area (Å²) in [4.78, 5) is 39.9. The molecule has 0 atom stereocenters. The predicted molar refractivity (Wildman–Crippen MR) is 118 cm³/mol. The van der Waals surface area contributed by atoms with Gasteiger partial charge in [-0.3, -0.25) is 19.5 Å². The van der Waals surface area contributed by atoms with Gasteiger partial charge in [0.2, 0.25) is 5.91 Å². The number of hydrogen-bond acceptors (Lipinski definition) is 7. The number of aryl methyl sites for hydroxylation is 1. The number of thiazole rings is 1. The second-order valence-electron chi connectivity index (χ2n) is 6.78. The summed E-state index contributed by atoms with van der Waals surface area (Å²) in [5, 5.41) is 3.40. The van der Waals surface area contributed by atoms with E-state index >= 15 is 0 Å². The highest BCUT2D eigenvalue weighted by Crippen LogP contribution is 2.23. The standard InChI is InChI=1S/C21H26N6O3S/c1-30-14-7-19(28)27(12-6-17-5-2-3-8-23-17)21-25-15-18(31-21)20(29)24-9-4-11-26-13-10-22-16-26/h2-3,5,8,10,13,15-16H,4,6-7,9,11-12,14H2,1H3,(H,24,29). The number of anilines is 1. The highest BCUT2D eigenvalue weighted by Gasteiger charge is 2.21. The van der Waals surface area contributed by atoms with Gasteiger partial charge in [-0.05, 0) is 18.6 Å². The van der Waals surface area contributed by atoms with Gasteiger partial charge in [-0.2, -0.15) is 0 Å². The van der Waals surface area contributed by atoms with Gasteiger partial charge in [0.05, 0.1) is 25.6 Å². The molecule has 3 rings (SSSR count). The monoisotopic (exact) mass is 442 g/mol. The molecule has 3 heterocycles. The van der Waals surface area contributed by atoms with Crippen molar-refractivity contribution in [1.82, 2.24) is 24.8 Å². The molecule has 0 saturated heterocycles. The zero-order valence-corrected chi connectivity index (χ0v) is 18.3. The minimum absolute atomic E-state index is 0.0978. The van der Waals surface area contributed by atoms with Crippen molar-refractivity contribution in [2.45, 2.75) is 25.8 Å². The Morgan fingerprint density at radius 3 is 2.90 bits per heavy atom. The van der Waals surface area contributed by atoms with Crippen molar-refractivity contribution in [3.63, 3.8) is 0 Å². The first-order valence-electron chi connectivity index (χ1n) is 10.1. The fourth-order valence-corrected chi connectivity index (χ4v) is 3.76. The van der Waals surface area contributed by atoms with E-state index in [0.717, 1.165) is 18.7 Å². The van der Waals surface area contributed by atoms with Crippen LogP contribution in [0.5, 0.6) is 0 Å². The van der Waals surface area contributed by atoms with E-state index in [9.17, 15) is 9.59 Å². The van der Waals surface area contributed by atoms with E-state index in [4.69, 9.17) is 4.74 Å². The average molecular weight is 443 g/mol. The third-order valence-corrected chi connectivity index (χ3v) is 5.54. The molecule has 2 amide bonds. The van der Waals surface area contributed by atoms with Crippen LogP contribution in [-0.2, 0) is 22.5 Å². The van der Waals surface area contributed by atoms with Gasteiger partial charge in [-0.25, -0.2) is 9.97 Å². The molecule has 0 aliphatic heterocycles. The van der Waals surface area contributed by atoms with Crippen LogP contribution >= 0.6 is 11.3 Å². The number of carbonyl (C=O) groups is 2. The third-order valence-electron chi connectivity index (χ3n) is 4.52. The first-order valence-corrected chi connectivity index (χ1v) is 10.9. The molecule has 0 spiro atoms. The molecule has 1 N–H and O–H groups in total. The number of ether oxygens (including phenoxy) is 1. The van der Waals surface area contributed by atoms with Crippen molar-refractivity contribution < 1.29 is 14.3 Å². The Morgan fingerprint density at radius 1 is 1.26 bits per heavy atom. The van der Waals surface area contributed by atoms with E-state index in [0.29, 0.717) is 36.1 Å². The van der Waals surface area contributed by atoms with E-state index in [-0.39, 0.29) is 18.2 Å². The molecule has 0 fully saturated rings. The molecule has 164 valence electrons. The lowest BCUT2D eigenvalue weighted by atomic mass is 10.2. The van der Waals surface area contributed by atoms with Crippen LogP contribution in [0.15, 0.2) is 49.3 Å². The summed E-state index contributed by atoms with van der Waals surface area (Å²) in [5.41, 5.74) is 0.888. The Bertz CT molecular complexity index is 945. The van der Waals surface area contributed by atoms with Crippen molar-refractivity contribution in [2.75, 3.05) is 31.7 Å². The van der Waals surface area contributed by atoms with Crippen LogP contribution in [-0.4, -0.2) is 58.1 Å². The Morgan fingerprint density at radius 2 is 2.16 bits per heavy atom. The maximum Gasteiger partial charge on any atom is 0.263 e. The molecular weight excluding hydrogens is 416 g/mol. The van der Waals surface area contributed by atoms with E-state index in [1.165, 1.54) is 17.5 Å². The lowest BCUT2D eigenvalue weighted by Crippen LogP contribution is -2.33. The fraction of sp³-hybridized carbons (Fsp3) is 0.381. The molecule has 0 bridgehead atoms. The summed E-state index contributed by atoms with van der Waals surface area (Å²) in [7, 11) is 1.56. The zero-order chi connectivity index (χ0) is 21.9. The van der Waals surface area contributed by atoms with E-state index < -0.39 is 0 Å². The molecule has 3 aromatic heterocycles. The number of imidazole rings is 1. The number of pyridine rings is 1. The van der Waals surface area contributed by atoms with E-state index in [1.54, 1.807) is 30.7 Å². The van der Waals surface area contributed by atoms with Crippen LogP contribution in [0, 0.1) is 0 Å². The van der Waals surface area contributed by atoms with Crippen molar-refractivity contribution >= 4 is 28.3 Å². The predicted octanol–water partition coefficient (Wildman–Crippen LogP) is 2.17. The second kappa shape index (κ2) is 11.9. The van der Waals surface area contributed by atoms with Gasteiger partial charge in [0.25, 0.3) is 5.91 Å². The van der Waals surface area contributed by atoms with Crippen molar-refractivity contribution in [1.29, 1.82) is 0 Å². The first kappa shape index (κ1) is 22.6. The van der Waals surface area contributed by atoms with E-state index in [2.05, 4.69) is 20.3 Å². The molecule has 0 aliphatic rings. The highest BCUT2D eigenvalue weighted by molar-refractivity contribution is 7.17. The molecule has 31 heavy (non-hydrogen) atoms. The van der Waals surface area contributed by atoms with Crippen LogP contribution in [0.3, 0.4) is 0 Å². The maximum atomic E-state index is 12.7. The van der Waals surface area contributed by atoms with Gasteiger partial charge in [-0.1, -0.05) is 17.4 Å². The fourth-order valence-electron chi connectivity index (χ4n) is 2.89. The smallest absolute Gasteiger partial charge is 0.263 e. The molecule has 0 radical (unpaired) electrons.